The fraction of sp³-hybridized carbons (Fsp3) is 0.575. The third-order valence-electron chi connectivity index (χ3n) is 29.6. The third-order valence-corrected chi connectivity index (χ3v) is 32.2. The Kier molecular flexibility index (Phi) is 47.3. The molecule has 0 N–H and O–H groups in total. The fourth-order valence-corrected chi connectivity index (χ4v) is 22.1. The highest BCUT2D eigenvalue weighted by atomic mass is 35.5. The Bertz CT molecular complexity index is 5380. The van der Waals surface area contributed by atoms with E-state index in [4.69, 9.17) is 116 Å². The molecular formula is C113H143Cl10F17N6O. The number of halogens is 27. The van der Waals surface area contributed by atoms with Crippen molar-refractivity contribution in [3.05, 3.63) is 269 Å². The molecule has 0 aromatic heterocycles. The summed E-state index contributed by atoms with van der Waals surface area (Å²) < 4.78 is 227. The summed E-state index contributed by atoms with van der Waals surface area (Å²) in [5, 5.41) is 3.56. The van der Waals surface area contributed by atoms with E-state index in [9.17, 15) is 74.6 Å². The molecule has 147 heavy (non-hydrogen) atoms. The Hall–Kier alpha value is -4.97. The van der Waals surface area contributed by atoms with Crippen molar-refractivity contribution in [2.24, 2.45) is 52.3 Å². The van der Waals surface area contributed by atoms with Gasteiger partial charge in [-0.15, -0.1) is 13.2 Å². The van der Waals surface area contributed by atoms with Crippen molar-refractivity contribution in [1.82, 2.24) is 29.4 Å². The number of likely N-dealkylation sites (tertiary alicyclic amines) is 6. The molecule has 0 amide bonds. The van der Waals surface area contributed by atoms with Gasteiger partial charge in [-0.2, -0.15) is 39.5 Å². The van der Waals surface area contributed by atoms with Gasteiger partial charge in [-0.05, 0) is 318 Å². The van der Waals surface area contributed by atoms with E-state index in [1.54, 1.807) is 23.1 Å². The second-order valence-electron chi connectivity index (χ2n) is 44.3. The zero-order valence-corrected chi connectivity index (χ0v) is 94.7. The summed E-state index contributed by atoms with van der Waals surface area (Å²) in [7, 11) is 0. The molecule has 6 aliphatic rings. The lowest BCUT2D eigenvalue weighted by molar-refractivity contribution is -0.274. The molecule has 8 aromatic carbocycles. The van der Waals surface area contributed by atoms with Gasteiger partial charge in [0.05, 0.1) is 32.8 Å². The lowest BCUT2D eigenvalue weighted by Crippen LogP contribution is -2.49. The molecule has 34 heteroatoms. The number of alkyl halides is 15. The predicted molar refractivity (Wildman–Crippen MR) is 572 cm³/mol. The molecule has 0 radical (unpaired) electrons. The normalized spacial score (nSPS) is 18.5. The van der Waals surface area contributed by atoms with Gasteiger partial charge in [0, 0.05) is 128 Å². The molecule has 6 aliphatic heterocycles. The minimum absolute atomic E-state index is 0.0103. The Morgan fingerprint density at radius 2 is 0.721 bits per heavy atom. The van der Waals surface area contributed by atoms with Crippen LogP contribution in [0.1, 0.15) is 275 Å². The summed E-state index contributed by atoms with van der Waals surface area (Å²) in [5.74, 6) is 1.64. The molecular weight excluding hydrogens is 2130 g/mol. The quantitative estimate of drug-likeness (QED) is 0.0791. The average Bonchev–Trinajstić information content (AvgIpc) is 0.778. The van der Waals surface area contributed by atoms with Gasteiger partial charge < -0.3 is 4.74 Å². The summed E-state index contributed by atoms with van der Waals surface area (Å²) in [5.41, 5.74) is -0.565. The minimum Gasteiger partial charge on any atom is -0.406 e. The number of rotatable bonds is 18. The first-order chi connectivity index (χ1) is 67.9. The van der Waals surface area contributed by atoms with Crippen LogP contribution in [0.2, 0.25) is 50.2 Å². The van der Waals surface area contributed by atoms with E-state index in [-0.39, 0.29) is 74.8 Å². The van der Waals surface area contributed by atoms with Gasteiger partial charge in [0.2, 0.25) is 0 Å². The first-order valence-electron chi connectivity index (χ1n) is 50.3. The molecule has 0 spiro atoms. The number of hydrogen-bond acceptors (Lipinski definition) is 7. The molecule has 0 saturated carbocycles. The second-order valence-corrected chi connectivity index (χ2v) is 48.6. The smallest absolute Gasteiger partial charge is 0.406 e. The Labute approximate surface area is 910 Å². The maximum Gasteiger partial charge on any atom is 0.573 e. The largest absolute Gasteiger partial charge is 0.573 e. The zero-order chi connectivity index (χ0) is 110. The Balaban J connectivity index is 0.000000210. The summed E-state index contributed by atoms with van der Waals surface area (Å²) in [6.45, 7) is 48.0. The van der Waals surface area contributed by atoms with Crippen molar-refractivity contribution in [2.45, 2.75) is 287 Å². The van der Waals surface area contributed by atoms with E-state index in [0.717, 1.165) is 141 Å². The van der Waals surface area contributed by atoms with E-state index < -0.39 is 80.3 Å². The molecule has 0 aliphatic carbocycles. The maximum atomic E-state index is 15.0. The predicted octanol–water partition coefficient (Wildman–Crippen LogP) is 38.3. The van der Waals surface area contributed by atoms with Crippen LogP contribution in [0.25, 0.3) is 0 Å². The van der Waals surface area contributed by atoms with Gasteiger partial charge in [0.25, 0.3) is 0 Å². The number of hydrogen-bond donors (Lipinski definition) is 0. The molecule has 7 nitrogen and oxygen atoms in total. The van der Waals surface area contributed by atoms with E-state index >= 15 is 0 Å². The van der Waals surface area contributed by atoms with Crippen molar-refractivity contribution < 1.29 is 79.4 Å². The number of ether oxygens (including phenoxy) is 1. The van der Waals surface area contributed by atoms with Crippen LogP contribution in [0.15, 0.2) is 146 Å². The highest BCUT2D eigenvalue weighted by Gasteiger charge is 2.47. The van der Waals surface area contributed by atoms with Crippen LogP contribution in [0.4, 0.5) is 74.6 Å². The highest BCUT2D eigenvalue weighted by Crippen LogP contribution is 2.48. The van der Waals surface area contributed by atoms with E-state index in [2.05, 4.69) is 117 Å². The van der Waals surface area contributed by atoms with Crippen LogP contribution in [-0.4, -0.2) is 131 Å². The van der Waals surface area contributed by atoms with Gasteiger partial charge in [-0.3, -0.25) is 29.4 Å². The van der Waals surface area contributed by atoms with E-state index in [1.165, 1.54) is 48.9 Å². The van der Waals surface area contributed by atoms with Gasteiger partial charge in [-0.1, -0.05) is 270 Å². The topological polar surface area (TPSA) is 28.7 Å². The Morgan fingerprint density at radius 1 is 0.347 bits per heavy atom. The van der Waals surface area contributed by atoms with Crippen LogP contribution < -0.4 is 4.74 Å². The monoisotopic (exact) mass is 2270 g/mol. The zero-order valence-electron chi connectivity index (χ0n) is 87.1. The first kappa shape index (κ1) is 127. The molecule has 14 rings (SSSR count). The van der Waals surface area contributed by atoms with Crippen molar-refractivity contribution in [3.63, 3.8) is 0 Å². The lowest BCUT2D eigenvalue weighted by Gasteiger charge is -2.45. The van der Waals surface area contributed by atoms with E-state index in [0.29, 0.717) is 132 Å². The molecule has 6 fully saturated rings. The SMILES string of the molecule is CC(C)(C)C1CCN(C(c2ccccc2)c2cc(Cl)cc(Cl)c2)CC1.CC(C)(C)c1cc(Cl)cc(OC(F)(F)F)c1.CC(C)C1(F)CCN(Cc2cc(C(F)(F)F)cc(Cl)c2F)CC1.CC(C)C1(F)CCN(Cc2cc(Cl)cc(C(F)(F)F)c2)CC1.CC(C)C1CCN(Cc2c(Cl)cccc2Cl)CC1.CC(C)C1CCN(Cc2cc(C(F)(F)F)cc(Cl)c2F)CC1.C[C@@H](c1cc(Cl)cc(Cl)c1)N1CCC(F)(C(C)(C)C)CC1. The fourth-order valence-electron chi connectivity index (χ4n) is 19.5. The average molecular weight is 2280 g/mol. The van der Waals surface area contributed by atoms with Crippen LogP contribution in [0.3, 0.4) is 0 Å². The highest BCUT2D eigenvalue weighted by molar-refractivity contribution is 6.36. The van der Waals surface area contributed by atoms with Gasteiger partial charge in [0.1, 0.15) is 34.4 Å². The van der Waals surface area contributed by atoms with Gasteiger partial charge in [0.15, 0.2) is 0 Å². The summed E-state index contributed by atoms with van der Waals surface area (Å²) in [4.78, 5) is 13.1. The second kappa shape index (κ2) is 54.6. The standard InChI is InChI=1S/C22H27Cl2N.C17H24Cl2FN.C16H19ClF5N.2C16H20ClF4N.C15H21Cl2N.C11H12ClF3O/c1-22(2,3)18-9-11-25(12-10-18)21(16-7-5-4-6-8-16)17-13-19(23)15-20(24)14-17;1-12(13-9-14(18)11-15(19)10-13)21-7-5-17(20,6-8-21)16(2,3)4;1-10(2)15(19)3-5-23(6-4-15)9-11-7-12(16(20,21)22)8-13(17)14(11)18;1-11(2)15(18)3-5-22(6-4-15)10-12-7-13(16(19,20)21)9-14(17)8-12;1-10(2)11-3-5-22(6-4-11)9-12-7-13(16(19,20)21)8-14(17)15(12)18;1-11(2)12-6-8-18(9-7-12)10-13-14(16)4-3-5-15(13)17;1-10(2,3)7-4-8(12)6-9(5-7)16-11(13,14)15/h4-8,13-15,18,21H,9-12H2,1-3H3;9-12H,5-8H2,1-4H3;7-8,10H,3-6,9H2,1-2H3;7-9,11H,3-6,10H2,1-2H3;7-8,10-11H,3-6,9H2,1-2H3;3-5,11-12H,6-10H2,1-2H3;4-6H,1-3H3/t;12-;;;;;/m.0...../s1. The van der Waals surface area contributed by atoms with Crippen molar-refractivity contribution in [1.29, 1.82) is 0 Å². The maximum absolute atomic E-state index is 15.0. The third kappa shape index (κ3) is 39.4. The molecule has 820 valence electrons. The molecule has 0 bridgehead atoms. The number of benzene rings is 8. The molecule has 1 unspecified atom stereocenters. The van der Waals surface area contributed by atoms with Crippen molar-refractivity contribution in [2.75, 3.05) is 78.5 Å². The van der Waals surface area contributed by atoms with E-state index in [1.807, 2.05) is 109 Å². The minimum atomic E-state index is -4.69. The molecule has 2 atom stereocenters. The summed E-state index contributed by atoms with van der Waals surface area (Å²) in [6, 6.07) is 39.0. The first-order valence-corrected chi connectivity index (χ1v) is 54.1. The van der Waals surface area contributed by atoms with Gasteiger partial charge in [-0.25, -0.2) is 22.0 Å². The molecule has 6 saturated heterocycles. The van der Waals surface area contributed by atoms with Crippen LogP contribution in [-0.2, 0) is 50.1 Å². The molecule has 6 heterocycles. The summed E-state index contributed by atoms with van der Waals surface area (Å²) in [6.07, 6.45) is -8.60. The van der Waals surface area contributed by atoms with Gasteiger partial charge >= 0.3 is 24.9 Å². The lowest BCUT2D eigenvalue weighted by atomic mass is 9.72. The number of nitrogens with zero attached hydrogens (tertiary/aromatic N) is 6. The van der Waals surface area contributed by atoms with Crippen LogP contribution in [0, 0.1) is 63.9 Å². The van der Waals surface area contributed by atoms with Crippen molar-refractivity contribution >= 4 is 116 Å². The summed E-state index contributed by atoms with van der Waals surface area (Å²) >= 11 is 59.9. The Morgan fingerprint density at radius 3 is 1.10 bits per heavy atom. The van der Waals surface area contributed by atoms with Crippen molar-refractivity contribution in [3.8, 4) is 5.75 Å². The number of piperidine rings is 6. The van der Waals surface area contributed by atoms with Crippen LogP contribution >= 0.6 is 116 Å². The molecule has 8 aromatic rings. The van der Waals surface area contributed by atoms with Crippen LogP contribution in [0.5, 0.6) is 5.75 Å².